The Hall–Kier alpha value is -0.820. The molecule has 0 aromatic heterocycles. The molecule has 18 heavy (non-hydrogen) atoms. The van der Waals surface area contributed by atoms with E-state index in [4.69, 9.17) is 0 Å². The van der Waals surface area contributed by atoms with E-state index in [2.05, 4.69) is 49.1 Å². The van der Waals surface area contributed by atoms with Gasteiger partial charge in [-0.3, -0.25) is 0 Å². The molecule has 1 aliphatic rings. The maximum absolute atomic E-state index is 2.66. The highest BCUT2D eigenvalue weighted by molar-refractivity contribution is 5.21. The van der Waals surface area contributed by atoms with Crippen LogP contribution in [-0.4, -0.2) is 24.5 Å². The van der Waals surface area contributed by atoms with Crippen molar-refractivity contribution >= 4 is 0 Å². The lowest BCUT2D eigenvalue weighted by Gasteiger charge is -2.30. The molecule has 1 atom stereocenters. The molecule has 0 radical (unpaired) electrons. The van der Waals surface area contributed by atoms with Crippen LogP contribution in [0.4, 0.5) is 0 Å². The summed E-state index contributed by atoms with van der Waals surface area (Å²) in [5.74, 6) is 1.55. The number of hydrogen-bond donors (Lipinski definition) is 0. The van der Waals surface area contributed by atoms with Gasteiger partial charge in [0.05, 0.1) is 0 Å². The van der Waals surface area contributed by atoms with Gasteiger partial charge >= 0.3 is 0 Å². The van der Waals surface area contributed by atoms with E-state index in [1.807, 2.05) is 0 Å². The average Bonchev–Trinajstić information content (AvgIpc) is 2.93. The average molecular weight is 245 g/mol. The minimum atomic E-state index is 0.722. The van der Waals surface area contributed by atoms with E-state index in [1.165, 1.54) is 50.9 Å². The van der Waals surface area contributed by atoms with Crippen LogP contribution in [0.3, 0.4) is 0 Å². The predicted molar refractivity (Wildman–Crippen MR) is 78.9 cm³/mol. The van der Waals surface area contributed by atoms with Crippen LogP contribution < -0.4 is 0 Å². The zero-order chi connectivity index (χ0) is 12.8. The molecule has 1 heteroatoms. The largest absolute Gasteiger partial charge is 0.303 e. The minimum Gasteiger partial charge on any atom is -0.303 e. The van der Waals surface area contributed by atoms with Gasteiger partial charge in [0, 0.05) is 6.54 Å². The van der Waals surface area contributed by atoms with Crippen molar-refractivity contribution in [3.63, 3.8) is 0 Å². The van der Waals surface area contributed by atoms with Gasteiger partial charge in [0.15, 0.2) is 0 Å². The van der Waals surface area contributed by atoms with E-state index < -0.39 is 0 Å². The molecule has 0 bridgehead atoms. The van der Waals surface area contributed by atoms with Crippen molar-refractivity contribution in [3.8, 4) is 0 Å². The van der Waals surface area contributed by atoms with Gasteiger partial charge in [-0.25, -0.2) is 0 Å². The molecule has 1 aromatic rings. The lowest BCUT2D eigenvalue weighted by molar-refractivity contribution is 0.262. The third kappa shape index (κ3) is 3.35. The Balaban J connectivity index is 2.11. The highest BCUT2D eigenvalue weighted by atomic mass is 15.1. The van der Waals surface area contributed by atoms with Crippen LogP contribution in [0.25, 0.3) is 0 Å². The molecule has 1 aliphatic heterocycles. The molecular weight excluding hydrogens is 218 g/mol. The molecule has 0 saturated carbocycles. The molecule has 0 amide bonds. The molecule has 0 aliphatic carbocycles. The first-order valence-electron chi connectivity index (χ1n) is 7.62. The Labute approximate surface area is 112 Å². The lowest BCUT2D eigenvalue weighted by atomic mass is 9.82. The highest BCUT2D eigenvalue weighted by Gasteiger charge is 2.24. The summed E-state index contributed by atoms with van der Waals surface area (Å²) in [6.07, 6.45) is 5.38. The van der Waals surface area contributed by atoms with Crippen LogP contribution in [0.1, 0.15) is 51.0 Å². The fourth-order valence-electron chi connectivity index (χ4n) is 3.33. The summed E-state index contributed by atoms with van der Waals surface area (Å²) >= 11 is 0. The normalized spacial score (nSPS) is 18.4. The fourth-order valence-corrected chi connectivity index (χ4v) is 3.33. The summed E-state index contributed by atoms with van der Waals surface area (Å²) in [5.41, 5.74) is 1.54. The summed E-state index contributed by atoms with van der Waals surface area (Å²) in [5, 5.41) is 0. The first-order valence-corrected chi connectivity index (χ1v) is 7.62. The summed E-state index contributed by atoms with van der Waals surface area (Å²) in [6.45, 7) is 8.56. The molecule has 0 spiro atoms. The second-order valence-corrected chi connectivity index (χ2v) is 5.60. The van der Waals surface area contributed by atoms with Crippen LogP contribution in [0, 0.1) is 5.92 Å². The second-order valence-electron chi connectivity index (χ2n) is 5.60. The summed E-state index contributed by atoms with van der Waals surface area (Å²) < 4.78 is 0. The Kier molecular flexibility index (Phi) is 5.25. The van der Waals surface area contributed by atoms with Crippen LogP contribution in [0.5, 0.6) is 0 Å². The third-order valence-electron chi connectivity index (χ3n) is 4.50. The number of likely N-dealkylation sites (tertiary alicyclic amines) is 1. The van der Waals surface area contributed by atoms with Gasteiger partial charge in [-0.2, -0.15) is 0 Å². The van der Waals surface area contributed by atoms with Crippen LogP contribution in [0.15, 0.2) is 30.3 Å². The van der Waals surface area contributed by atoms with Gasteiger partial charge in [0.1, 0.15) is 0 Å². The Morgan fingerprint density at radius 3 is 2.17 bits per heavy atom. The maximum atomic E-state index is 2.66. The number of hydrogen-bond acceptors (Lipinski definition) is 1. The van der Waals surface area contributed by atoms with E-state index in [-0.39, 0.29) is 0 Å². The quantitative estimate of drug-likeness (QED) is 0.722. The van der Waals surface area contributed by atoms with E-state index in [1.54, 1.807) is 0 Å². The van der Waals surface area contributed by atoms with Crippen molar-refractivity contribution in [3.05, 3.63) is 35.9 Å². The van der Waals surface area contributed by atoms with Crippen molar-refractivity contribution in [1.29, 1.82) is 0 Å². The first-order chi connectivity index (χ1) is 8.85. The van der Waals surface area contributed by atoms with Gasteiger partial charge < -0.3 is 4.90 Å². The molecule has 100 valence electrons. The lowest BCUT2D eigenvalue weighted by Crippen LogP contribution is -2.29. The van der Waals surface area contributed by atoms with E-state index >= 15 is 0 Å². The van der Waals surface area contributed by atoms with E-state index in [0.29, 0.717) is 0 Å². The molecular formula is C17H27N. The van der Waals surface area contributed by atoms with Gasteiger partial charge in [0.25, 0.3) is 0 Å². The SMILES string of the molecule is CCC(CC)[C@@H](CN1CCCC1)c1ccccc1. The van der Waals surface area contributed by atoms with Crippen molar-refractivity contribution in [2.75, 3.05) is 19.6 Å². The topological polar surface area (TPSA) is 3.24 Å². The standard InChI is InChI=1S/C17H27N/c1-3-15(4-2)17(14-18-12-8-9-13-18)16-10-6-5-7-11-16/h5-7,10-11,15,17H,3-4,8-9,12-14H2,1-2H3/t17-/m1/s1. The van der Waals surface area contributed by atoms with E-state index in [9.17, 15) is 0 Å². The highest BCUT2D eigenvalue weighted by Crippen LogP contribution is 2.31. The molecule has 1 saturated heterocycles. The number of rotatable bonds is 6. The summed E-state index contributed by atoms with van der Waals surface area (Å²) in [7, 11) is 0. The second kappa shape index (κ2) is 6.94. The van der Waals surface area contributed by atoms with Crippen molar-refractivity contribution < 1.29 is 0 Å². The predicted octanol–water partition coefficient (Wildman–Crippen LogP) is 4.30. The number of nitrogens with zero attached hydrogens (tertiary/aromatic N) is 1. The fraction of sp³-hybridized carbons (Fsp3) is 0.647. The molecule has 1 fully saturated rings. The smallest absolute Gasteiger partial charge is 0.00529 e. The zero-order valence-corrected chi connectivity index (χ0v) is 11.9. The Morgan fingerprint density at radius 2 is 1.61 bits per heavy atom. The monoisotopic (exact) mass is 245 g/mol. The molecule has 2 rings (SSSR count). The zero-order valence-electron chi connectivity index (χ0n) is 11.9. The van der Waals surface area contributed by atoms with Crippen molar-refractivity contribution in [2.24, 2.45) is 5.92 Å². The molecule has 0 N–H and O–H groups in total. The first kappa shape index (κ1) is 13.6. The molecule has 1 aromatic carbocycles. The van der Waals surface area contributed by atoms with E-state index in [0.717, 1.165) is 11.8 Å². The third-order valence-corrected chi connectivity index (χ3v) is 4.50. The molecule has 0 unspecified atom stereocenters. The van der Waals surface area contributed by atoms with Crippen molar-refractivity contribution in [1.82, 2.24) is 4.90 Å². The minimum absolute atomic E-state index is 0.722. The molecule has 1 heterocycles. The van der Waals surface area contributed by atoms with Gasteiger partial charge in [-0.05, 0) is 43.3 Å². The van der Waals surface area contributed by atoms with Gasteiger partial charge in [-0.1, -0.05) is 57.0 Å². The maximum Gasteiger partial charge on any atom is 0.00529 e. The van der Waals surface area contributed by atoms with Crippen molar-refractivity contribution in [2.45, 2.75) is 45.4 Å². The van der Waals surface area contributed by atoms with Gasteiger partial charge in [0.2, 0.25) is 0 Å². The number of benzene rings is 1. The molecule has 1 nitrogen and oxygen atoms in total. The van der Waals surface area contributed by atoms with Crippen LogP contribution >= 0.6 is 0 Å². The Bertz CT molecular complexity index is 323. The Morgan fingerprint density at radius 1 is 1.00 bits per heavy atom. The van der Waals surface area contributed by atoms with Gasteiger partial charge in [-0.15, -0.1) is 0 Å². The van der Waals surface area contributed by atoms with Crippen LogP contribution in [0.2, 0.25) is 0 Å². The van der Waals surface area contributed by atoms with Crippen LogP contribution in [-0.2, 0) is 0 Å². The summed E-state index contributed by atoms with van der Waals surface area (Å²) in [6, 6.07) is 11.1. The summed E-state index contributed by atoms with van der Waals surface area (Å²) in [4.78, 5) is 2.66.